The van der Waals surface area contributed by atoms with Crippen molar-refractivity contribution in [1.29, 1.82) is 0 Å². The zero-order valence-electron chi connectivity index (χ0n) is 9.87. The lowest BCUT2D eigenvalue weighted by Gasteiger charge is -2.16. The summed E-state index contributed by atoms with van der Waals surface area (Å²) in [6, 6.07) is 8.17. The van der Waals surface area contributed by atoms with E-state index in [0.29, 0.717) is 5.92 Å². The second-order valence-corrected chi connectivity index (χ2v) is 4.76. The molecule has 4 nitrogen and oxygen atoms in total. The summed E-state index contributed by atoms with van der Waals surface area (Å²) in [5.74, 6) is 1.45. The van der Waals surface area contributed by atoms with E-state index in [9.17, 15) is 0 Å². The van der Waals surface area contributed by atoms with E-state index in [0.717, 1.165) is 29.9 Å². The monoisotopic (exact) mass is 228 g/mol. The maximum atomic E-state index is 6.03. The van der Waals surface area contributed by atoms with Crippen LogP contribution in [0.5, 0.6) is 0 Å². The Morgan fingerprint density at radius 3 is 2.71 bits per heavy atom. The van der Waals surface area contributed by atoms with Crippen molar-refractivity contribution in [2.75, 3.05) is 18.0 Å². The van der Waals surface area contributed by atoms with Crippen LogP contribution in [0.4, 0.5) is 5.82 Å². The largest absolute Gasteiger partial charge is 0.353 e. The first-order valence-electron chi connectivity index (χ1n) is 5.96. The van der Waals surface area contributed by atoms with E-state index in [1.54, 1.807) is 0 Å². The number of para-hydroxylation sites is 2. The van der Waals surface area contributed by atoms with Crippen LogP contribution in [0.25, 0.3) is 11.0 Å². The average molecular weight is 228 g/mol. The van der Waals surface area contributed by atoms with Crippen molar-refractivity contribution < 1.29 is 0 Å². The van der Waals surface area contributed by atoms with Gasteiger partial charge in [-0.1, -0.05) is 19.1 Å². The third kappa shape index (κ3) is 1.85. The minimum absolute atomic E-state index is 0.239. The predicted octanol–water partition coefficient (Wildman–Crippen LogP) is 1.41. The molecule has 2 N–H and O–H groups in total. The van der Waals surface area contributed by atoms with Gasteiger partial charge in [0.15, 0.2) is 0 Å². The van der Waals surface area contributed by atoms with Crippen molar-refractivity contribution in [2.24, 2.45) is 11.7 Å². The molecule has 0 spiro atoms. The topological polar surface area (TPSA) is 55.0 Å². The van der Waals surface area contributed by atoms with Crippen molar-refractivity contribution in [3.63, 3.8) is 0 Å². The minimum atomic E-state index is 0.239. The molecule has 0 bridgehead atoms. The van der Waals surface area contributed by atoms with Crippen LogP contribution in [0.1, 0.15) is 6.92 Å². The highest BCUT2D eigenvalue weighted by molar-refractivity contribution is 5.75. The van der Waals surface area contributed by atoms with Gasteiger partial charge in [-0.3, -0.25) is 4.98 Å². The molecule has 3 rings (SSSR count). The number of nitrogens with two attached hydrogens (primary N) is 1. The molecule has 2 aromatic rings. The summed E-state index contributed by atoms with van der Waals surface area (Å²) in [6.07, 6.45) is 1.84. The van der Waals surface area contributed by atoms with Gasteiger partial charge in [-0.05, 0) is 18.1 Å². The van der Waals surface area contributed by atoms with Crippen LogP contribution in [-0.2, 0) is 0 Å². The van der Waals surface area contributed by atoms with E-state index in [1.807, 2.05) is 30.5 Å². The molecule has 1 fully saturated rings. The van der Waals surface area contributed by atoms with Crippen LogP contribution >= 0.6 is 0 Å². The Morgan fingerprint density at radius 1 is 1.24 bits per heavy atom. The first-order chi connectivity index (χ1) is 8.24. The fraction of sp³-hybridized carbons (Fsp3) is 0.385. The van der Waals surface area contributed by atoms with E-state index >= 15 is 0 Å². The van der Waals surface area contributed by atoms with Gasteiger partial charge in [-0.2, -0.15) is 0 Å². The zero-order chi connectivity index (χ0) is 11.8. The fourth-order valence-electron chi connectivity index (χ4n) is 2.28. The van der Waals surface area contributed by atoms with Crippen LogP contribution in [0.2, 0.25) is 0 Å². The maximum Gasteiger partial charge on any atom is 0.147 e. The maximum absolute atomic E-state index is 6.03. The van der Waals surface area contributed by atoms with Crippen LogP contribution < -0.4 is 10.6 Å². The van der Waals surface area contributed by atoms with Crippen molar-refractivity contribution in [3.05, 3.63) is 30.5 Å². The second-order valence-electron chi connectivity index (χ2n) is 4.76. The van der Waals surface area contributed by atoms with Gasteiger partial charge in [0, 0.05) is 19.1 Å². The van der Waals surface area contributed by atoms with Crippen molar-refractivity contribution in [3.8, 4) is 0 Å². The number of rotatable bonds is 1. The SMILES string of the molecule is CC1CN(c2cnc3ccccc3n2)CC1N. The lowest BCUT2D eigenvalue weighted by atomic mass is 10.1. The van der Waals surface area contributed by atoms with Gasteiger partial charge in [0.05, 0.1) is 17.2 Å². The molecule has 2 atom stereocenters. The van der Waals surface area contributed by atoms with E-state index in [-0.39, 0.29) is 6.04 Å². The van der Waals surface area contributed by atoms with Gasteiger partial charge >= 0.3 is 0 Å². The Balaban J connectivity index is 1.96. The molecule has 1 aromatic carbocycles. The first kappa shape index (κ1) is 10.5. The molecular weight excluding hydrogens is 212 g/mol. The molecule has 2 unspecified atom stereocenters. The standard InChI is InChI=1S/C13H16N4/c1-9-7-17(8-10(9)14)13-6-15-11-4-2-3-5-12(11)16-13/h2-6,9-10H,7-8,14H2,1H3. The highest BCUT2D eigenvalue weighted by Crippen LogP contribution is 2.22. The molecule has 1 aliphatic rings. The van der Waals surface area contributed by atoms with E-state index in [1.165, 1.54) is 0 Å². The number of benzene rings is 1. The first-order valence-corrected chi connectivity index (χ1v) is 5.96. The molecule has 2 heterocycles. The number of hydrogen-bond donors (Lipinski definition) is 1. The molecule has 88 valence electrons. The quantitative estimate of drug-likeness (QED) is 0.802. The van der Waals surface area contributed by atoms with Gasteiger partial charge in [0.1, 0.15) is 5.82 Å². The molecular formula is C13H16N4. The van der Waals surface area contributed by atoms with Gasteiger partial charge < -0.3 is 10.6 Å². The Bertz CT molecular complexity index is 530. The summed E-state index contributed by atoms with van der Waals surface area (Å²) in [6.45, 7) is 4.02. The van der Waals surface area contributed by atoms with Gasteiger partial charge in [-0.25, -0.2) is 4.98 Å². The molecule has 1 saturated heterocycles. The number of anilines is 1. The van der Waals surface area contributed by atoms with Gasteiger partial charge in [0.2, 0.25) is 0 Å². The third-order valence-electron chi connectivity index (χ3n) is 3.43. The number of hydrogen-bond acceptors (Lipinski definition) is 4. The lowest BCUT2D eigenvalue weighted by Crippen LogP contribution is -2.28. The Labute approximate surface area is 100 Å². The molecule has 1 aromatic heterocycles. The fourth-order valence-corrected chi connectivity index (χ4v) is 2.28. The van der Waals surface area contributed by atoms with Crippen LogP contribution in [-0.4, -0.2) is 29.1 Å². The molecule has 1 aliphatic heterocycles. The number of fused-ring (bicyclic) bond motifs is 1. The molecule has 4 heteroatoms. The third-order valence-corrected chi connectivity index (χ3v) is 3.43. The molecule has 0 aliphatic carbocycles. The molecule has 0 amide bonds. The van der Waals surface area contributed by atoms with Crippen molar-refractivity contribution in [1.82, 2.24) is 9.97 Å². The summed E-state index contributed by atoms with van der Waals surface area (Å²) >= 11 is 0. The predicted molar refractivity (Wildman–Crippen MR) is 68.9 cm³/mol. The van der Waals surface area contributed by atoms with E-state index in [4.69, 9.17) is 5.73 Å². The van der Waals surface area contributed by atoms with Crippen molar-refractivity contribution >= 4 is 16.9 Å². The normalized spacial score (nSPS) is 24.5. The summed E-state index contributed by atoms with van der Waals surface area (Å²) in [5, 5.41) is 0. The van der Waals surface area contributed by atoms with Crippen LogP contribution in [0, 0.1) is 5.92 Å². The van der Waals surface area contributed by atoms with E-state index in [2.05, 4.69) is 21.8 Å². The summed E-state index contributed by atoms with van der Waals surface area (Å²) in [7, 11) is 0. The molecule has 0 saturated carbocycles. The summed E-state index contributed by atoms with van der Waals surface area (Å²) < 4.78 is 0. The smallest absolute Gasteiger partial charge is 0.147 e. The average Bonchev–Trinajstić information content (AvgIpc) is 2.69. The Morgan fingerprint density at radius 2 is 2.00 bits per heavy atom. The summed E-state index contributed by atoms with van der Waals surface area (Å²) in [5.41, 5.74) is 7.91. The highest BCUT2D eigenvalue weighted by Gasteiger charge is 2.27. The second kappa shape index (κ2) is 3.96. The number of nitrogens with zero attached hydrogens (tertiary/aromatic N) is 3. The van der Waals surface area contributed by atoms with Crippen LogP contribution in [0.3, 0.4) is 0 Å². The minimum Gasteiger partial charge on any atom is -0.353 e. The van der Waals surface area contributed by atoms with Gasteiger partial charge in [-0.15, -0.1) is 0 Å². The summed E-state index contributed by atoms with van der Waals surface area (Å²) in [4.78, 5) is 11.3. The Kier molecular flexibility index (Phi) is 2.44. The van der Waals surface area contributed by atoms with Gasteiger partial charge in [0.25, 0.3) is 0 Å². The lowest BCUT2D eigenvalue weighted by molar-refractivity contribution is 0.566. The highest BCUT2D eigenvalue weighted by atomic mass is 15.2. The number of aromatic nitrogens is 2. The van der Waals surface area contributed by atoms with E-state index < -0.39 is 0 Å². The molecule has 0 radical (unpaired) electrons. The van der Waals surface area contributed by atoms with Crippen molar-refractivity contribution in [2.45, 2.75) is 13.0 Å². The van der Waals surface area contributed by atoms with Crippen LogP contribution in [0.15, 0.2) is 30.5 Å². The Hall–Kier alpha value is -1.68. The molecule has 17 heavy (non-hydrogen) atoms. The zero-order valence-corrected chi connectivity index (χ0v) is 9.87.